The van der Waals surface area contributed by atoms with Crippen molar-refractivity contribution in [1.82, 2.24) is 14.9 Å². The van der Waals surface area contributed by atoms with Crippen LogP contribution >= 0.6 is 11.6 Å². The van der Waals surface area contributed by atoms with Crippen LogP contribution in [0.1, 0.15) is 18.4 Å². The first kappa shape index (κ1) is 18.3. The molecular formula is C24H24ClN3O. The van der Waals surface area contributed by atoms with Crippen molar-refractivity contribution in [2.75, 3.05) is 26.2 Å². The largest absolute Gasteiger partial charge is 0.493 e. The molecule has 0 saturated heterocycles. The lowest BCUT2D eigenvalue weighted by Gasteiger charge is -2.26. The Bertz CT molecular complexity index is 1170. The molecule has 2 N–H and O–H groups in total. The number of H-pyrrole nitrogens is 2. The van der Waals surface area contributed by atoms with Gasteiger partial charge in [-0.25, -0.2) is 0 Å². The van der Waals surface area contributed by atoms with Gasteiger partial charge < -0.3 is 14.7 Å². The molecule has 1 aliphatic heterocycles. The Morgan fingerprint density at radius 1 is 1.03 bits per heavy atom. The second-order valence-electron chi connectivity index (χ2n) is 7.54. The van der Waals surface area contributed by atoms with Crippen LogP contribution in [0.3, 0.4) is 0 Å². The predicted molar refractivity (Wildman–Crippen MR) is 121 cm³/mol. The van der Waals surface area contributed by atoms with Gasteiger partial charge in [-0.3, -0.25) is 4.90 Å². The number of nitrogens with one attached hydrogen (secondary N) is 2. The highest BCUT2D eigenvalue weighted by atomic mass is 35.5. The van der Waals surface area contributed by atoms with E-state index in [4.69, 9.17) is 16.3 Å². The van der Waals surface area contributed by atoms with Crippen molar-refractivity contribution < 1.29 is 4.74 Å². The van der Waals surface area contributed by atoms with Gasteiger partial charge in [0.2, 0.25) is 0 Å². The molecule has 0 fully saturated rings. The zero-order valence-corrected chi connectivity index (χ0v) is 17.0. The molecule has 0 aliphatic carbocycles. The van der Waals surface area contributed by atoms with E-state index in [2.05, 4.69) is 45.3 Å². The lowest BCUT2D eigenvalue weighted by Crippen LogP contribution is -2.30. The van der Waals surface area contributed by atoms with Crippen LogP contribution in [0.25, 0.3) is 27.4 Å². The Morgan fingerprint density at radius 3 is 2.86 bits per heavy atom. The zero-order chi connectivity index (χ0) is 19.6. The van der Waals surface area contributed by atoms with Crippen molar-refractivity contribution in [2.45, 2.75) is 12.8 Å². The van der Waals surface area contributed by atoms with E-state index in [1.54, 1.807) is 0 Å². The van der Waals surface area contributed by atoms with Crippen LogP contribution in [0.4, 0.5) is 0 Å². The Hall–Kier alpha value is -2.69. The Balaban J connectivity index is 1.16. The van der Waals surface area contributed by atoms with E-state index in [0.717, 1.165) is 66.3 Å². The van der Waals surface area contributed by atoms with Crippen LogP contribution in [0.15, 0.2) is 60.9 Å². The summed E-state index contributed by atoms with van der Waals surface area (Å²) in [7, 11) is 0. The topological polar surface area (TPSA) is 44.0 Å². The normalized spacial score (nSPS) is 15.1. The van der Waals surface area contributed by atoms with Gasteiger partial charge in [-0.1, -0.05) is 35.9 Å². The lowest BCUT2D eigenvalue weighted by molar-refractivity contribution is 0.250. The molecule has 5 heteroatoms. The summed E-state index contributed by atoms with van der Waals surface area (Å²) in [6.45, 7) is 3.84. The first-order valence-corrected chi connectivity index (χ1v) is 10.5. The first-order chi connectivity index (χ1) is 14.3. The Kier molecular flexibility index (Phi) is 5.04. The van der Waals surface area contributed by atoms with Gasteiger partial charge in [0.15, 0.2) is 0 Å². The summed E-state index contributed by atoms with van der Waals surface area (Å²) in [5.41, 5.74) is 4.84. The molecule has 0 unspecified atom stereocenters. The van der Waals surface area contributed by atoms with E-state index in [9.17, 15) is 0 Å². The van der Waals surface area contributed by atoms with Gasteiger partial charge in [0.05, 0.1) is 17.1 Å². The molecule has 0 bridgehead atoms. The highest BCUT2D eigenvalue weighted by Gasteiger charge is 2.16. The van der Waals surface area contributed by atoms with Crippen molar-refractivity contribution >= 4 is 39.0 Å². The summed E-state index contributed by atoms with van der Waals surface area (Å²) in [6, 6.07) is 14.3. The maximum Gasteiger partial charge on any atom is 0.128 e. The number of hydrogen-bond donors (Lipinski definition) is 2. The predicted octanol–water partition coefficient (Wildman–Crippen LogP) is 5.86. The molecule has 4 nitrogen and oxygen atoms in total. The number of fused-ring (bicyclic) bond motifs is 2. The maximum absolute atomic E-state index is 6.30. The Morgan fingerprint density at radius 2 is 1.97 bits per heavy atom. The molecule has 0 atom stereocenters. The highest BCUT2D eigenvalue weighted by molar-refractivity contribution is 6.35. The number of rotatable bonds is 6. The van der Waals surface area contributed by atoms with E-state index in [-0.39, 0.29) is 0 Å². The van der Waals surface area contributed by atoms with Crippen molar-refractivity contribution in [3.63, 3.8) is 0 Å². The van der Waals surface area contributed by atoms with Crippen LogP contribution < -0.4 is 4.74 Å². The fraction of sp³-hybridized carbons (Fsp3) is 0.250. The number of nitrogens with zero attached hydrogens (tertiary/aromatic N) is 1. The van der Waals surface area contributed by atoms with Gasteiger partial charge in [0, 0.05) is 53.9 Å². The summed E-state index contributed by atoms with van der Waals surface area (Å²) < 4.78 is 6.03. The second kappa shape index (κ2) is 7.97. The minimum absolute atomic E-state index is 0.734. The average molecular weight is 406 g/mol. The third-order valence-corrected chi connectivity index (χ3v) is 6.05. The van der Waals surface area contributed by atoms with E-state index >= 15 is 0 Å². The number of aromatic nitrogens is 2. The highest BCUT2D eigenvalue weighted by Crippen LogP contribution is 2.32. The van der Waals surface area contributed by atoms with Crippen molar-refractivity contribution in [1.29, 1.82) is 0 Å². The van der Waals surface area contributed by atoms with Gasteiger partial charge in [0.1, 0.15) is 5.75 Å². The number of aromatic amines is 2. The molecule has 0 saturated carbocycles. The van der Waals surface area contributed by atoms with Crippen LogP contribution in [0.2, 0.25) is 5.02 Å². The zero-order valence-electron chi connectivity index (χ0n) is 16.2. The summed E-state index contributed by atoms with van der Waals surface area (Å²) in [6.07, 6.45) is 8.48. The summed E-state index contributed by atoms with van der Waals surface area (Å²) >= 11 is 6.30. The van der Waals surface area contributed by atoms with Crippen molar-refractivity contribution in [2.24, 2.45) is 0 Å². The fourth-order valence-electron chi connectivity index (χ4n) is 4.19. The molecule has 29 heavy (non-hydrogen) atoms. The Labute approximate surface area is 175 Å². The smallest absolute Gasteiger partial charge is 0.128 e. The van der Waals surface area contributed by atoms with E-state index < -0.39 is 0 Å². The van der Waals surface area contributed by atoms with Crippen molar-refractivity contribution in [3.8, 4) is 5.75 Å². The fourth-order valence-corrected chi connectivity index (χ4v) is 4.42. The van der Waals surface area contributed by atoms with E-state index in [0.29, 0.717) is 0 Å². The summed E-state index contributed by atoms with van der Waals surface area (Å²) in [5, 5.41) is 3.14. The molecule has 0 spiro atoms. The number of para-hydroxylation sites is 1. The van der Waals surface area contributed by atoms with Gasteiger partial charge in [-0.2, -0.15) is 0 Å². The third-order valence-electron chi connectivity index (χ3n) is 5.74. The van der Waals surface area contributed by atoms with E-state index in [1.165, 1.54) is 16.5 Å². The SMILES string of the molecule is Clc1cccc2c(C3=CCN(CCCOc4cccc5[nH]ccc45)CC3)c[nH]c12. The monoisotopic (exact) mass is 405 g/mol. The summed E-state index contributed by atoms with van der Waals surface area (Å²) in [4.78, 5) is 9.05. The van der Waals surface area contributed by atoms with Gasteiger partial charge in [0.25, 0.3) is 0 Å². The third kappa shape index (κ3) is 3.66. The molecule has 3 heterocycles. The van der Waals surface area contributed by atoms with Crippen LogP contribution in [0, 0.1) is 0 Å². The number of benzene rings is 2. The number of ether oxygens (including phenoxy) is 1. The molecule has 5 rings (SSSR count). The maximum atomic E-state index is 6.30. The molecule has 1 aliphatic rings. The minimum Gasteiger partial charge on any atom is -0.493 e. The second-order valence-corrected chi connectivity index (χ2v) is 7.95. The molecule has 4 aromatic rings. The standard InChI is InChI=1S/C24H24ClN3O/c25-21-5-1-4-18-20(16-27-24(18)21)17-9-13-28(14-10-17)12-3-15-29-23-7-2-6-22-19(23)8-11-26-22/h1-2,4-9,11,16,26-27H,3,10,12-15H2. The molecule has 148 valence electrons. The van der Waals surface area contributed by atoms with Crippen LogP contribution in [0.5, 0.6) is 5.75 Å². The summed E-state index contributed by atoms with van der Waals surface area (Å²) in [5.74, 6) is 0.961. The van der Waals surface area contributed by atoms with Crippen molar-refractivity contribution in [3.05, 3.63) is 71.5 Å². The van der Waals surface area contributed by atoms with Crippen LogP contribution in [-0.4, -0.2) is 41.1 Å². The van der Waals surface area contributed by atoms with Gasteiger partial charge in [-0.15, -0.1) is 0 Å². The molecule has 2 aromatic carbocycles. The quantitative estimate of drug-likeness (QED) is 0.394. The number of halogens is 1. The van der Waals surface area contributed by atoms with E-state index in [1.807, 2.05) is 30.5 Å². The van der Waals surface area contributed by atoms with Crippen LogP contribution in [-0.2, 0) is 0 Å². The molecule has 2 aromatic heterocycles. The number of hydrogen-bond acceptors (Lipinski definition) is 2. The molecular weight excluding hydrogens is 382 g/mol. The minimum atomic E-state index is 0.734. The van der Waals surface area contributed by atoms with Gasteiger partial charge >= 0.3 is 0 Å². The van der Waals surface area contributed by atoms with Gasteiger partial charge in [-0.05, 0) is 42.7 Å². The average Bonchev–Trinajstić information content (AvgIpc) is 3.40. The molecule has 0 radical (unpaired) electrons. The lowest BCUT2D eigenvalue weighted by atomic mass is 9.99. The molecule has 0 amide bonds. The first-order valence-electron chi connectivity index (χ1n) is 10.2.